The molecule has 1 aromatic rings. The average Bonchev–Trinajstić information content (AvgIpc) is 2.28. The number of aromatic nitrogens is 1. The number of anilines is 2. The number of rotatable bonds is 5. The Morgan fingerprint density at radius 3 is 2.56 bits per heavy atom. The highest BCUT2D eigenvalue weighted by Crippen LogP contribution is 2.12. The number of nitrogens with zero attached hydrogens (tertiary/aromatic N) is 2. The Morgan fingerprint density at radius 2 is 2.11 bits per heavy atom. The van der Waals surface area contributed by atoms with Crippen molar-refractivity contribution < 1.29 is 4.79 Å². The molecule has 3 N–H and O–H groups in total. The first kappa shape index (κ1) is 14.4. The molecule has 0 aromatic carbocycles. The average molecular weight is 250 g/mol. The second kappa shape index (κ2) is 6.35. The second-order valence-corrected chi connectivity index (χ2v) is 5.02. The van der Waals surface area contributed by atoms with Gasteiger partial charge in [0.25, 0.3) is 0 Å². The fraction of sp³-hybridized carbons (Fsp3) is 0.538. The molecule has 1 heterocycles. The van der Waals surface area contributed by atoms with Gasteiger partial charge in [-0.1, -0.05) is 13.8 Å². The van der Waals surface area contributed by atoms with Crippen LogP contribution in [0.1, 0.15) is 20.3 Å². The second-order valence-electron chi connectivity index (χ2n) is 5.02. The van der Waals surface area contributed by atoms with Gasteiger partial charge in [0.1, 0.15) is 5.82 Å². The van der Waals surface area contributed by atoms with Crippen molar-refractivity contribution in [2.45, 2.75) is 26.3 Å². The fourth-order valence-corrected chi connectivity index (χ4v) is 1.57. The molecule has 1 rings (SSSR count). The zero-order valence-electron chi connectivity index (χ0n) is 11.5. The minimum absolute atomic E-state index is 0.164. The van der Waals surface area contributed by atoms with Crippen LogP contribution >= 0.6 is 0 Å². The zero-order valence-corrected chi connectivity index (χ0v) is 11.5. The van der Waals surface area contributed by atoms with Gasteiger partial charge >= 0.3 is 0 Å². The van der Waals surface area contributed by atoms with Crippen molar-refractivity contribution in [1.29, 1.82) is 0 Å². The van der Waals surface area contributed by atoms with Gasteiger partial charge in [0, 0.05) is 14.1 Å². The first-order valence-electron chi connectivity index (χ1n) is 6.10. The summed E-state index contributed by atoms with van der Waals surface area (Å²) in [6.45, 7) is 4.08. The Hall–Kier alpha value is -1.62. The van der Waals surface area contributed by atoms with E-state index in [2.05, 4.69) is 10.3 Å². The van der Waals surface area contributed by atoms with Crippen LogP contribution < -0.4 is 16.0 Å². The third-order valence-corrected chi connectivity index (χ3v) is 2.54. The van der Waals surface area contributed by atoms with E-state index < -0.39 is 6.04 Å². The van der Waals surface area contributed by atoms with Crippen molar-refractivity contribution in [3.8, 4) is 0 Å². The topological polar surface area (TPSA) is 71.2 Å². The smallest absolute Gasteiger partial charge is 0.241 e. The summed E-state index contributed by atoms with van der Waals surface area (Å²) in [5.74, 6) is 1.09. The van der Waals surface area contributed by atoms with Gasteiger partial charge in [-0.25, -0.2) is 4.98 Å². The van der Waals surface area contributed by atoms with Gasteiger partial charge in [-0.15, -0.1) is 0 Å². The van der Waals surface area contributed by atoms with E-state index in [1.807, 2.05) is 45.0 Å². The van der Waals surface area contributed by atoms with Crippen molar-refractivity contribution >= 4 is 17.4 Å². The molecule has 0 fully saturated rings. The summed E-state index contributed by atoms with van der Waals surface area (Å²) in [7, 11) is 3.83. The van der Waals surface area contributed by atoms with Crippen LogP contribution in [0.25, 0.3) is 0 Å². The van der Waals surface area contributed by atoms with E-state index in [1.54, 1.807) is 6.20 Å². The number of pyridine rings is 1. The molecule has 5 nitrogen and oxygen atoms in total. The van der Waals surface area contributed by atoms with Crippen LogP contribution in [0.15, 0.2) is 18.3 Å². The number of hydrogen-bond acceptors (Lipinski definition) is 4. The maximum absolute atomic E-state index is 11.8. The molecule has 0 saturated carbocycles. The molecule has 18 heavy (non-hydrogen) atoms. The van der Waals surface area contributed by atoms with E-state index in [0.29, 0.717) is 18.0 Å². The highest BCUT2D eigenvalue weighted by Gasteiger charge is 2.15. The van der Waals surface area contributed by atoms with E-state index in [-0.39, 0.29) is 5.91 Å². The summed E-state index contributed by atoms with van der Waals surface area (Å²) in [4.78, 5) is 17.9. The third-order valence-electron chi connectivity index (χ3n) is 2.54. The van der Waals surface area contributed by atoms with Gasteiger partial charge in [0.05, 0.1) is 17.9 Å². The van der Waals surface area contributed by atoms with Gasteiger partial charge < -0.3 is 16.0 Å². The largest absolute Gasteiger partial charge is 0.363 e. The molecule has 0 aliphatic carbocycles. The van der Waals surface area contributed by atoms with Gasteiger partial charge in [0.2, 0.25) is 5.91 Å². The van der Waals surface area contributed by atoms with Crippen LogP contribution in [0, 0.1) is 5.92 Å². The monoisotopic (exact) mass is 250 g/mol. The Morgan fingerprint density at radius 1 is 1.44 bits per heavy atom. The van der Waals surface area contributed by atoms with Gasteiger partial charge in [0.15, 0.2) is 0 Å². The third kappa shape index (κ3) is 4.33. The summed E-state index contributed by atoms with van der Waals surface area (Å²) < 4.78 is 0. The molecule has 100 valence electrons. The Labute approximate surface area is 108 Å². The maximum atomic E-state index is 11.8. The van der Waals surface area contributed by atoms with Crippen LogP contribution in [-0.4, -0.2) is 31.0 Å². The summed E-state index contributed by atoms with van der Waals surface area (Å²) in [6.07, 6.45) is 2.31. The van der Waals surface area contributed by atoms with Gasteiger partial charge in [-0.05, 0) is 24.5 Å². The first-order valence-corrected chi connectivity index (χ1v) is 6.10. The molecule has 0 spiro atoms. The number of carbonyl (C=O) groups excluding carboxylic acids is 1. The Kier molecular flexibility index (Phi) is 5.09. The molecule has 0 bridgehead atoms. The number of hydrogen-bond donors (Lipinski definition) is 2. The summed E-state index contributed by atoms with van der Waals surface area (Å²) in [5, 5.41) is 2.77. The highest BCUT2D eigenvalue weighted by atomic mass is 16.2. The molecule has 1 aromatic heterocycles. The van der Waals surface area contributed by atoms with Crippen molar-refractivity contribution in [3.05, 3.63) is 18.3 Å². The lowest BCUT2D eigenvalue weighted by molar-refractivity contribution is -0.117. The molecule has 0 aliphatic rings. The van der Waals surface area contributed by atoms with Crippen LogP contribution in [0.5, 0.6) is 0 Å². The quantitative estimate of drug-likeness (QED) is 0.830. The predicted molar refractivity (Wildman–Crippen MR) is 74.6 cm³/mol. The highest BCUT2D eigenvalue weighted by molar-refractivity contribution is 5.94. The summed E-state index contributed by atoms with van der Waals surface area (Å²) in [5.41, 5.74) is 6.47. The lowest BCUT2D eigenvalue weighted by Gasteiger charge is -2.15. The van der Waals surface area contributed by atoms with Crippen molar-refractivity contribution in [3.63, 3.8) is 0 Å². The molecule has 0 aliphatic heterocycles. The van der Waals surface area contributed by atoms with Crippen LogP contribution in [0.2, 0.25) is 0 Å². The minimum Gasteiger partial charge on any atom is -0.363 e. The van der Waals surface area contributed by atoms with E-state index in [9.17, 15) is 4.79 Å². The SMILES string of the molecule is CC(C)C[C@@H](N)C(=O)Nc1ccc(N(C)C)nc1. The summed E-state index contributed by atoms with van der Waals surface area (Å²) >= 11 is 0. The predicted octanol–water partition coefficient (Wildman–Crippen LogP) is 1.46. The lowest BCUT2D eigenvalue weighted by atomic mass is 10.0. The first-order chi connectivity index (χ1) is 8.40. The molecule has 0 unspecified atom stereocenters. The van der Waals surface area contributed by atoms with Crippen LogP contribution in [0.4, 0.5) is 11.5 Å². The van der Waals surface area contributed by atoms with Crippen molar-refractivity contribution in [2.75, 3.05) is 24.3 Å². The summed E-state index contributed by atoms with van der Waals surface area (Å²) in [6, 6.07) is 3.20. The van der Waals surface area contributed by atoms with Gasteiger partial charge in [-0.2, -0.15) is 0 Å². The van der Waals surface area contributed by atoms with Crippen molar-refractivity contribution in [1.82, 2.24) is 4.98 Å². The van der Waals surface area contributed by atoms with Crippen LogP contribution in [-0.2, 0) is 4.79 Å². The maximum Gasteiger partial charge on any atom is 0.241 e. The molecule has 1 amide bonds. The Bertz CT molecular complexity index is 386. The molecule has 1 atom stereocenters. The Balaban J connectivity index is 2.59. The van der Waals surface area contributed by atoms with Crippen molar-refractivity contribution in [2.24, 2.45) is 11.7 Å². The number of nitrogens with one attached hydrogen (secondary N) is 1. The molecule has 5 heteroatoms. The van der Waals surface area contributed by atoms with E-state index >= 15 is 0 Å². The number of nitrogens with two attached hydrogens (primary N) is 1. The lowest BCUT2D eigenvalue weighted by Crippen LogP contribution is -2.36. The zero-order chi connectivity index (χ0) is 13.7. The standard InChI is InChI=1S/C13H22N4O/c1-9(2)7-11(14)13(18)16-10-5-6-12(15-8-10)17(3)4/h5-6,8-9,11H,7,14H2,1-4H3,(H,16,18)/t11-/m1/s1. The van der Waals surface area contributed by atoms with E-state index in [4.69, 9.17) is 5.73 Å². The van der Waals surface area contributed by atoms with Crippen LogP contribution in [0.3, 0.4) is 0 Å². The van der Waals surface area contributed by atoms with Gasteiger partial charge in [-0.3, -0.25) is 4.79 Å². The minimum atomic E-state index is -0.474. The molecular formula is C13H22N4O. The van der Waals surface area contributed by atoms with E-state index in [0.717, 1.165) is 5.82 Å². The fourth-order valence-electron chi connectivity index (χ4n) is 1.57. The molecule has 0 saturated heterocycles. The molecule has 0 radical (unpaired) electrons. The number of amides is 1. The number of carbonyl (C=O) groups is 1. The molecular weight excluding hydrogens is 228 g/mol. The van der Waals surface area contributed by atoms with E-state index in [1.165, 1.54) is 0 Å². The normalized spacial score (nSPS) is 12.3.